The minimum absolute atomic E-state index is 0.213. The van der Waals surface area contributed by atoms with Crippen molar-refractivity contribution >= 4 is 60.1 Å². The van der Waals surface area contributed by atoms with Crippen molar-refractivity contribution in [3.8, 4) is 0 Å². The molecular weight excluding hydrogens is 470 g/mol. The highest BCUT2D eigenvalue weighted by Crippen LogP contribution is 2.34. The zero-order chi connectivity index (χ0) is 20.5. The minimum Gasteiger partial charge on any atom is -0.278 e. The lowest BCUT2D eigenvalue weighted by molar-refractivity contribution is 0.0985. The van der Waals surface area contributed by atoms with Crippen LogP contribution >= 0.6 is 38.9 Å². The van der Waals surface area contributed by atoms with Crippen molar-refractivity contribution in [3.05, 3.63) is 86.6 Å². The van der Waals surface area contributed by atoms with E-state index in [2.05, 4.69) is 40.0 Å². The number of amides is 1. The molecule has 0 atom stereocenters. The number of aryl methyl sites for hydroxylation is 2. The number of benzene rings is 2. The summed E-state index contributed by atoms with van der Waals surface area (Å²) in [6.45, 7) is 4.40. The predicted molar refractivity (Wildman–Crippen MR) is 123 cm³/mol. The Labute approximate surface area is 186 Å². The van der Waals surface area contributed by atoms with Gasteiger partial charge in [-0.2, -0.15) is 0 Å². The van der Waals surface area contributed by atoms with Crippen LogP contribution in [-0.4, -0.2) is 15.9 Å². The number of hydrogen-bond acceptors (Lipinski definition) is 4. The van der Waals surface area contributed by atoms with Crippen LogP contribution in [0.15, 0.2) is 59.2 Å². The van der Waals surface area contributed by atoms with E-state index in [-0.39, 0.29) is 5.91 Å². The van der Waals surface area contributed by atoms with E-state index >= 15 is 0 Å². The van der Waals surface area contributed by atoms with Gasteiger partial charge < -0.3 is 0 Å². The Balaban J connectivity index is 1.83. The molecule has 29 heavy (non-hydrogen) atoms. The van der Waals surface area contributed by atoms with Gasteiger partial charge in [-0.15, -0.1) is 0 Å². The summed E-state index contributed by atoms with van der Waals surface area (Å²) in [6, 6.07) is 15.1. The van der Waals surface area contributed by atoms with E-state index < -0.39 is 0 Å². The van der Waals surface area contributed by atoms with Crippen LogP contribution in [-0.2, 0) is 6.54 Å². The number of nitrogens with zero attached hydrogens (tertiary/aromatic N) is 3. The molecule has 0 fully saturated rings. The Kier molecular flexibility index (Phi) is 5.67. The first-order chi connectivity index (χ1) is 13.9. The van der Waals surface area contributed by atoms with E-state index in [0.29, 0.717) is 22.3 Å². The predicted octanol–water partition coefficient (Wildman–Crippen LogP) is 6.57. The summed E-state index contributed by atoms with van der Waals surface area (Å²) in [5.41, 5.74) is 4.37. The lowest BCUT2D eigenvalue weighted by Crippen LogP contribution is -2.31. The van der Waals surface area contributed by atoms with Crippen LogP contribution in [0.1, 0.15) is 27.2 Å². The van der Waals surface area contributed by atoms with Crippen LogP contribution in [0.5, 0.6) is 0 Å². The average Bonchev–Trinajstić information content (AvgIpc) is 3.12. The summed E-state index contributed by atoms with van der Waals surface area (Å²) >= 11 is 11.3. The lowest BCUT2D eigenvalue weighted by Gasteiger charge is -2.20. The number of halogens is 2. The van der Waals surface area contributed by atoms with Gasteiger partial charge in [-0.3, -0.25) is 14.7 Å². The molecule has 0 radical (unpaired) electrons. The molecule has 1 amide bonds. The second-order valence-electron chi connectivity index (χ2n) is 6.76. The monoisotopic (exact) mass is 485 g/mol. The lowest BCUT2D eigenvalue weighted by atomic mass is 10.1. The second-order valence-corrected chi connectivity index (χ2v) is 9.09. The van der Waals surface area contributed by atoms with E-state index in [1.54, 1.807) is 23.2 Å². The van der Waals surface area contributed by atoms with E-state index in [4.69, 9.17) is 16.6 Å². The summed E-state index contributed by atoms with van der Waals surface area (Å²) in [4.78, 5) is 24.3. The van der Waals surface area contributed by atoms with E-state index in [1.807, 2.05) is 31.2 Å². The van der Waals surface area contributed by atoms with Crippen molar-refractivity contribution in [3.63, 3.8) is 0 Å². The summed E-state index contributed by atoms with van der Waals surface area (Å²) in [6.07, 6.45) is 1.72. The molecular formula is C22H17BrClN3OS. The molecule has 0 saturated heterocycles. The molecule has 0 N–H and O–H groups in total. The van der Waals surface area contributed by atoms with Gasteiger partial charge in [0, 0.05) is 10.7 Å². The number of carbonyl (C=O) groups excluding carboxylic acids is 1. The van der Waals surface area contributed by atoms with Crippen molar-refractivity contribution < 1.29 is 4.79 Å². The fourth-order valence-corrected chi connectivity index (χ4v) is 4.86. The Morgan fingerprint density at radius 3 is 2.76 bits per heavy atom. The quantitative estimate of drug-likeness (QED) is 0.328. The van der Waals surface area contributed by atoms with E-state index in [1.165, 1.54) is 16.9 Å². The zero-order valence-electron chi connectivity index (χ0n) is 15.8. The molecule has 0 unspecified atom stereocenters. The summed E-state index contributed by atoms with van der Waals surface area (Å²) in [5, 5.41) is 1.03. The Morgan fingerprint density at radius 2 is 2.00 bits per heavy atom. The molecule has 4 rings (SSSR count). The minimum atomic E-state index is -0.213. The third-order valence-electron chi connectivity index (χ3n) is 4.50. The molecule has 0 aliphatic rings. The molecule has 2 aromatic carbocycles. The molecule has 146 valence electrons. The number of hydrogen-bond donors (Lipinski definition) is 0. The van der Waals surface area contributed by atoms with Gasteiger partial charge in [-0.25, -0.2) is 4.98 Å². The highest BCUT2D eigenvalue weighted by molar-refractivity contribution is 9.10. The maximum absolute atomic E-state index is 13.5. The molecule has 4 aromatic rings. The smallest absolute Gasteiger partial charge is 0.261 e. The zero-order valence-corrected chi connectivity index (χ0v) is 19.0. The van der Waals surface area contributed by atoms with Crippen LogP contribution in [0.3, 0.4) is 0 Å². The molecule has 0 aliphatic carbocycles. The average molecular weight is 487 g/mol. The maximum Gasteiger partial charge on any atom is 0.261 e. The van der Waals surface area contributed by atoms with Crippen LogP contribution in [0.25, 0.3) is 10.2 Å². The first-order valence-electron chi connectivity index (χ1n) is 8.97. The van der Waals surface area contributed by atoms with E-state index in [0.717, 1.165) is 25.9 Å². The first-order valence-corrected chi connectivity index (χ1v) is 11.0. The number of fused-ring (bicyclic) bond motifs is 1. The van der Waals surface area contributed by atoms with Crippen molar-refractivity contribution in [2.75, 3.05) is 4.90 Å². The maximum atomic E-state index is 13.5. The third kappa shape index (κ3) is 4.20. The number of pyridine rings is 1. The van der Waals surface area contributed by atoms with Gasteiger partial charge in [0.2, 0.25) is 0 Å². The van der Waals surface area contributed by atoms with Crippen molar-refractivity contribution in [1.29, 1.82) is 0 Å². The molecule has 7 heteroatoms. The number of carbonyl (C=O) groups is 1. The standard InChI is InChI=1S/C22H17BrClN3OS/c1-13-9-14(2)20-19(10-13)29-22(26-20)27(12-16-5-3-4-8-25-16)21(28)17-11-15(23)6-7-18(17)24/h3-11H,12H2,1-2H3. The summed E-state index contributed by atoms with van der Waals surface area (Å²) < 4.78 is 1.84. The summed E-state index contributed by atoms with van der Waals surface area (Å²) in [7, 11) is 0. The number of thiazole rings is 1. The molecule has 0 bridgehead atoms. The van der Waals surface area contributed by atoms with Crippen molar-refractivity contribution in [2.45, 2.75) is 20.4 Å². The van der Waals surface area contributed by atoms with Crippen LogP contribution in [0, 0.1) is 13.8 Å². The van der Waals surface area contributed by atoms with Gasteiger partial charge in [-0.05, 0) is 61.4 Å². The van der Waals surface area contributed by atoms with Gasteiger partial charge in [-0.1, -0.05) is 51.0 Å². The molecule has 4 nitrogen and oxygen atoms in total. The SMILES string of the molecule is Cc1cc(C)c2nc(N(Cc3ccccn3)C(=O)c3cc(Br)ccc3Cl)sc2c1. The summed E-state index contributed by atoms with van der Waals surface area (Å²) in [5.74, 6) is -0.213. The van der Waals surface area contributed by atoms with Crippen LogP contribution < -0.4 is 4.90 Å². The molecule has 2 aromatic heterocycles. The molecule has 0 saturated carbocycles. The largest absolute Gasteiger partial charge is 0.278 e. The Morgan fingerprint density at radius 1 is 1.17 bits per heavy atom. The van der Waals surface area contributed by atoms with Crippen LogP contribution in [0.2, 0.25) is 5.02 Å². The first kappa shape index (κ1) is 20.0. The number of rotatable bonds is 4. The van der Waals surface area contributed by atoms with Crippen LogP contribution in [0.4, 0.5) is 5.13 Å². The fourth-order valence-electron chi connectivity index (χ4n) is 3.16. The van der Waals surface area contributed by atoms with Gasteiger partial charge in [0.05, 0.1) is 33.0 Å². The molecule has 0 spiro atoms. The van der Waals surface area contributed by atoms with Crippen molar-refractivity contribution in [2.24, 2.45) is 0 Å². The highest BCUT2D eigenvalue weighted by Gasteiger charge is 2.24. The van der Waals surface area contributed by atoms with Crippen molar-refractivity contribution in [1.82, 2.24) is 9.97 Å². The second kappa shape index (κ2) is 8.22. The Hall–Kier alpha value is -2.28. The molecule has 2 heterocycles. The van der Waals surface area contributed by atoms with Gasteiger partial charge in [0.25, 0.3) is 5.91 Å². The molecule has 0 aliphatic heterocycles. The normalized spacial score (nSPS) is 11.0. The third-order valence-corrected chi connectivity index (χ3v) is 6.35. The number of anilines is 1. The fraction of sp³-hybridized carbons (Fsp3) is 0.136. The topological polar surface area (TPSA) is 46.1 Å². The highest BCUT2D eigenvalue weighted by atomic mass is 79.9. The number of aromatic nitrogens is 2. The van der Waals surface area contributed by atoms with Gasteiger partial charge in [0.1, 0.15) is 0 Å². The Bertz CT molecular complexity index is 1210. The van der Waals surface area contributed by atoms with E-state index in [9.17, 15) is 4.79 Å². The van der Waals surface area contributed by atoms with Gasteiger partial charge >= 0.3 is 0 Å². The van der Waals surface area contributed by atoms with Gasteiger partial charge in [0.15, 0.2) is 5.13 Å².